The molecule has 19 heavy (non-hydrogen) atoms. The number of benzene rings is 1. The molecule has 1 aliphatic carbocycles. The van der Waals surface area contributed by atoms with Crippen molar-refractivity contribution in [2.75, 3.05) is 21.3 Å². The molecule has 1 aliphatic rings. The van der Waals surface area contributed by atoms with Crippen LogP contribution >= 0.6 is 11.6 Å². The Balaban J connectivity index is 2.59. The zero-order valence-electron chi connectivity index (χ0n) is 11.8. The van der Waals surface area contributed by atoms with E-state index in [0.29, 0.717) is 0 Å². The lowest BCUT2D eigenvalue weighted by Gasteiger charge is -2.52. The summed E-state index contributed by atoms with van der Waals surface area (Å²) in [6.07, 6.45) is 4.01. The van der Waals surface area contributed by atoms with E-state index in [1.54, 1.807) is 14.2 Å². The zero-order valence-corrected chi connectivity index (χ0v) is 12.6. The average Bonchev–Trinajstić information content (AvgIpc) is 2.47. The van der Waals surface area contributed by atoms with E-state index in [1.807, 2.05) is 25.2 Å². The molecule has 0 heterocycles. The summed E-state index contributed by atoms with van der Waals surface area (Å²) in [5, 5.41) is 4.18. The summed E-state index contributed by atoms with van der Waals surface area (Å²) >= 11 is 6.42. The van der Waals surface area contributed by atoms with Crippen LogP contribution in [-0.4, -0.2) is 27.1 Å². The van der Waals surface area contributed by atoms with Crippen molar-refractivity contribution in [1.29, 1.82) is 0 Å². The molecule has 2 rings (SSSR count). The van der Waals surface area contributed by atoms with E-state index in [-0.39, 0.29) is 0 Å². The second-order valence-electron chi connectivity index (χ2n) is 5.00. The van der Waals surface area contributed by atoms with Crippen LogP contribution in [0.1, 0.15) is 31.2 Å². The quantitative estimate of drug-likeness (QED) is 0.860. The highest BCUT2D eigenvalue weighted by Gasteiger charge is 2.55. The SMILES string of the molecule is CNC1(c2ccccc2Cl)CCCCC1(OC)OC. The van der Waals surface area contributed by atoms with Gasteiger partial charge in [0, 0.05) is 25.7 Å². The molecule has 0 saturated heterocycles. The topological polar surface area (TPSA) is 30.5 Å². The summed E-state index contributed by atoms with van der Waals surface area (Å²) < 4.78 is 11.6. The van der Waals surface area contributed by atoms with Crippen LogP contribution in [0.3, 0.4) is 0 Å². The largest absolute Gasteiger partial charge is 0.351 e. The molecule has 1 aromatic carbocycles. The van der Waals surface area contributed by atoms with Gasteiger partial charge in [0.15, 0.2) is 5.79 Å². The number of ether oxygens (including phenoxy) is 2. The summed E-state index contributed by atoms with van der Waals surface area (Å²) in [4.78, 5) is 0. The molecule has 0 spiro atoms. The van der Waals surface area contributed by atoms with Crippen molar-refractivity contribution < 1.29 is 9.47 Å². The van der Waals surface area contributed by atoms with E-state index in [4.69, 9.17) is 21.1 Å². The second kappa shape index (κ2) is 5.80. The molecule has 0 aliphatic heterocycles. The van der Waals surface area contributed by atoms with Crippen LogP contribution in [0.15, 0.2) is 24.3 Å². The van der Waals surface area contributed by atoms with E-state index in [0.717, 1.165) is 36.3 Å². The molecular weight excluding hydrogens is 262 g/mol. The molecule has 1 N–H and O–H groups in total. The van der Waals surface area contributed by atoms with Crippen LogP contribution < -0.4 is 5.32 Å². The molecule has 1 unspecified atom stereocenters. The fourth-order valence-electron chi connectivity index (χ4n) is 3.38. The zero-order chi connectivity index (χ0) is 13.9. The van der Waals surface area contributed by atoms with Gasteiger partial charge in [-0.2, -0.15) is 0 Å². The maximum atomic E-state index is 6.42. The molecule has 106 valence electrons. The van der Waals surface area contributed by atoms with Crippen molar-refractivity contribution in [2.45, 2.75) is 37.0 Å². The molecule has 0 radical (unpaired) electrons. The van der Waals surface area contributed by atoms with Crippen LogP contribution in [0.2, 0.25) is 5.02 Å². The molecule has 1 atom stereocenters. The van der Waals surface area contributed by atoms with E-state index < -0.39 is 11.3 Å². The molecule has 3 nitrogen and oxygen atoms in total. The van der Waals surface area contributed by atoms with Gasteiger partial charge in [-0.25, -0.2) is 0 Å². The maximum Gasteiger partial charge on any atom is 0.190 e. The fraction of sp³-hybridized carbons (Fsp3) is 0.600. The highest BCUT2D eigenvalue weighted by Crippen LogP contribution is 2.48. The Morgan fingerprint density at radius 2 is 1.74 bits per heavy atom. The van der Waals surface area contributed by atoms with E-state index >= 15 is 0 Å². The number of rotatable bonds is 4. The first-order chi connectivity index (χ1) is 9.15. The molecule has 0 bridgehead atoms. The first-order valence-electron chi connectivity index (χ1n) is 6.70. The molecular formula is C15H22ClNO2. The first-order valence-corrected chi connectivity index (χ1v) is 7.08. The van der Waals surface area contributed by atoms with E-state index in [9.17, 15) is 0 Å². The predicted molar refractivity (Wildman–Crippen MR) is 77.4 cm³/mol. The predicted octanol–water partition coefficient (Wildman–Crippen LogP) is 3.32. The third-order valence-corrected chi connectivity index (χ3v) is 4.71. The van der Waals surface area contributed by atoms with Crippen LogP contribution in [-0.2, 0) is 15.0 Å². The summed E-state index contributed by atoms with van der Waals surface area (Å²) in [5.74, 6) is -0.676. The van der Waals surface area contributed by atoms with Crippen LogP contribution in [0.25, 0.3) is 0 Å². The minimum atomic E-state index is -0.676. The van der Waals surface area contributed by atoms with Gasteiger partial charge in [-0.05, 0) is 31.5 Å². The van der Waals surface area contributed by atoms with Gasteiger partial charge in [0.25, 0.3) is 0 Å². The number of hydrogen-bond acceptors (Lipinski definition) is 3. The number of hydrogen-bond donors (Lipinski definition) is 1. The van der Waals surface area contributed by atoms with Gasteiger partial charge in [0.05, 0.1) is 5.54 Å². The van der Waals surface area contributed by atoms with Gasteiger partial charge in [0.1, 0.15) is 0 Å². The smallest absolute Gasteiger partial charge is 0.190 e. The first kappa shape index (κ1) is 14.8. The van der Waals surface area contributed by atoms with Crippen molar-refractivity contribution >= 4 is 11.6 Å². The van der Waals surface area contributed by atoms with Crippen molar-refractivity contribution in [3.63, 3.8) is 0 Å². The van der Waals surface area contributed by atoms with E-state index in [2.05, 4.69) is 11.4 Å². The van der Waals surface area contributed by atoms with Crippen molar-refractivity contribution in [1.82, 2.24) is 5.32 Å². The number of likely N-dealkylation sites (N-methyl/N-ethyl adjacent to an activating group) is 1. The normalized spacial score (nSPS) is 26.3. The Bertz CT molecular complexity index is 434. The second-order valence-corrected chi connectivity index (χ2v) is 5.41. The van der Waals surface area contributed by atoms with Crippen LogP contribution in [0.5, 0.6) is 0 Å². The Morgan fingerprint density at radius 1 is 1.11 bits per heavy atom. The number of methoxy groups -OCH3 is 2. The van der Waals surface area contributed by atoms with Gasteiger partial charge in [-0.15, -0.1) is 0 Å². The Labute approximate surface area is 120 Å². The highest BCUT2D eigenvalue weighted by molar-refractivity contribution is 6.31. The Hall–Kier alpha value is -0.610. The van der Waals surface area contributed by atoms with Gasteiger partial charge >= 0.3 is 0 Å². The fourth-order valence-corrected chi connectivity index (χ4v) is 3.68. The van der Waals surface area contributed by atoms with Gasteiger partial charge in [0.2, 0.25) is 0 Å². The number of nitrogens with one attached hydrogen (secondary N) is 1. The molecule has 1 saturated carbocycles. The summed E-state index contributed by atoms with van der Waals surface area (Å²) in [7, 11) is 5.36. The minimum Gasteiger partial charge on any atom is -0.351 e. The lowest BCUT2D eigenvalue weighted by molar-refractivity contribution is -0.273. The van der Waals surface area contributed by atoms with Gasteiger partial charge < -0.3 is 14.8 Å². The molecule has 0 amide bonds. The van der Waals surface area contributed by atoms with Gasteiger partial charge in [-0.3, -0.25) is 0 Å². The van der Waals surface area contributed by atoms with E-state index in [1.165, 1.54) is 0 Å². The summed E-state index contributed by atoms with van der Waals surface area (Å²) in [6.45, 7) is 0. The lowest BCUT2D eigenvalue weighted by Crippen LogP contribution is -2.63. The minimum absolute atomic E-state index is 0.410. The molecule has 1 aromatic rings. The standard InChI is InChI=1S/C15H22ClNO2/c1-17-14(12-8-4-5-9-13(12)16)10-6-7-11-15(14,18-2)19-3/h4-5,8-9,17H,6-7,10-11H2,1-3H3. The maximum absolute atomic E-state index is 6.42. The van der Waals surface area contributed by atoms with Crippen molar-refractivity contribution in [3.05, 3.63) is 34.9 Å². The average molecular weight is 284 g/mol. The molecule has 0 aromatic heterocycles. The Kier molecular flexibility index (Phi) is 4.51. The number of halogens is 1. The third-order valence-electron chi connectivity index (χ3n) is 4.38. The molecule has 4 heteroatoms. The lowest BCUT2D eigenvalue weighted by atomic mass is 9.71. The third kappa shape index (κ3) is 2.19. The molecule has 1 fully saturated rings. The van der Waals surface area contributed by atoms with Crippen LogP contribution in [0, 0.1) is 0 Å². The summed E-state index contributed by atoms with van der Waals surface area (Å²) in [5.41, 5.74) is 0.634. The highest BCUT2D eigenvalue weighted by atomic mass is 35.5. The Morgan fingerprint density at radius 3 is 2.32 bits per heavy atom. The van der Waals surface area contributed by atoms with Crippen molar-refractivity contribution in [2.24, 2.45) is 0 Å². The monoisotopic (exact) mass is 283 g/mol. The van der Waals surface area contributed by atoms with Gasteiger partial charge in [-0.1, -0.05) is 36.2 Å². The summed E-state index contributed by atoms with van der Waals surface area (Å²) in [6, 6.07) is 7.92. The van der Waals surface area contributed by atoms with Crippen molar-refractivity contribution in [3.8, 4) is 0 Å². The van der Waals surface area contributed by atoms with Crippen LogP contribution in [0.4, 0.5) is 0 Å².